The number of carbonyl (C=O) groups excluding carboxylic acids is 1. The van der Waals surface area contributed by atoms with Crippen LogP contribution < -0.4 is 5.32 Å². The molecule has 0 aromatic carbocycles. The highest BCUT2D eigenvalue weighted by atomic mass is 19.3. The number of ether oxygens (including phenoxy) is 1. The smallest absolute Gasteiger partial charge is 0.411 e. The number of rotatable bonds is 1. The molecule has 1 N–H and O–H groups in total. The zero-order valence-electron chi connectivity index (χ0n) is 11.0. The van der Waals surface area contributed by atoms with E-state index in [1.54, 1.807) is 20.8 Å². The van der Waals surface area contributed by atoms with Crippen molar-refractivity contribution in [1.29, 1.82) is 0 Å². The monoisotopic (exact) mass is 262 g/mol. The lowest BCUT2D eigenvalue weighted by molar-refractivity contribution is -0.0666. The fraction of sp³-hybridized carbons (Fsp3) is 0.917. The van der Waals surface area contributed by atoms with Gasteiger partial charge in [0.15, 0.2) is 0 Å². The van der Waals surface area contributed by atoms with Crippen molar-refractivity contribution < 1.29 is 18.3 Å². The lowest BCUT2D eigenvalue weighted by Crippen LogP contribution is -2.66. The van der Waals surface area contributed by atoms with Gasteiger partial charge in [0, 0.05) is 19.1 Å². The number of hydrogen-bond acceptors (Lipinski definition) is 3. The Morgan fingerprint density at radius 2 is 2.17 bits per heavy atom. The second-order valence-corrected chi connectivity index (χ2v) is 6.08. The predicted molar refractivity (Wildman–Crippen MR) is 62.7 cm³/mol. The number of carbonyl (C=O) groups is 1. The van der Waals surface area contributed by atoms with E-state index >= 15 is 0 Å². The molecule has 2 rings (SSSR count). The van der Waals surface area contributed by atoms with Crippen LogP contribution >= 0.6 is 0 Å². The maximum absolute atomic E-state index is 13.4. The van der Waals surface area contributed by atoms with Crippen LogP contribution in [0.5, 0.6) is 0 Å². The average Bonchev–Trinajstić information content (AvgIpc) is 2.45. The summed E-state index contributed by atoms with van der Waals surface area (Å²) >= 11 is 0. The summed E-state index contributed by atoms with van der Waals surface area (Å²) in [5, 5.41) is 2.99. The van der Waals surface area contributed by atoms with Gasteiger partial charge in [-0.2, -0.15) is 0 Å². The molecular formula is C12H20F2N2O2. The lowest BCUT2D eigenvalue weighted by atomic mass is 9.96. The van der Waals surface area contributed by atoms with Gasteiger partial charge in [-0.1, -0.05) is 0 Å². The summed E-state index contributed by atoms with van der Waals surface area (Å²) in [6.07, 6.45) is -2.23. The second kappa shape index (κ2) is 4.33. The van der Waals surface area contributed by atoms with Crippen LogP contribution in [0.25, 0.3) is 0 Å². The van der Waals surface area contributed by atoms with Crippen LogP contribution in [0.2, 0.25) is 0 Å². The van der Waals surface area contributed by atoms with Crippen molar-refractivity contribution in [3.05, 3.63) is 0 Å². The summed E-state index contributed by atoms with van der Waals surface area (Å²) in [4.78, 5) is 13.4. The van der Waals surface area contributed by atoms with Crippen LogP contribution in [0.1, 0.15) is 33.6 Å². The summed E-state index contributed by atoms with van der Waals surface area (Å²) in [5.41, 5.74) is -2.05. The zero-order chi connectivity index (χ0) is 13.6. The molecular weight excluding hydrogens is 242 g/mol. The first-order valence-electron chi connectivity index (χ1n) is 6.27. The van der Waals surface area contributed by atoms with Crippen molar-refractivity contribution in [1.82, 2.24) is 10.2 Å². The first-order valence-corrected chi connectivity index (χ1v) is 6.27. The molecule has 0 aromatic heterocycles. The van der Waals surface area contributed by atoms with E-state index in [0.717, 1.165) is 0 Å². The van der Waals surface area contributed by atoms with Crippen LogP contribution in [0.4, 0.5) is 13.6 Å². The highest BCUT2D eigenvalue weighted by molar-refractivity contribution is 5.70. The molecule has 4 nitrogen and oxygen atoms in total. The van der Waals surface area contributed by atoms with Gasteiger partial charge in [-0.25, -0.2) is 13.6 Å². The van der Waals surface area contributed by atoms with Crippen molar-refractivity contribution in [3.8, 4) is 0 Å². The maximum Gasteiger partial charge on any atom is 0.411 e. The van der Waals surface area contributed by atoms with E-state index in [2.05, 4.69) is 5.32 Å². The molecule has 0 spiro atoms. The fourth-order valence-corrected chi connectivity index (χ4v) is 2.79. The molecule has 2 aliphatic heterocycles. The number of piperazine rings is 1. The number of halogens is 2. The van der Waals surface area contributed by atoms with Gasteiger partial charge < -0.3 is 10.1 Å². The van der Waals surface area contributed by atoms with E-state index in [4.69, 9.17) is 4.74 Å². The molecule has 0 aromatic rings. The molecule has 2 saturated heterocycles. The topological polar surface area (TPSA) is 41.6 Å². The zero-order valence-corrected chi connectivity index (χ0v) is 11.0. The molecule has 2 heterocycles. The number of alkyl halides is 2. The number of amides is 1. The van der Waals surface area contributed by atoms with E-state index in [-0.39, 0.29) is 12.6 Å². The summed E-state index contributed by atoms with van der Waals surface area (Å²) in [6, 6.07) is -0.178. The fourth-order valence-electron chi connectivity index (χ4n) is 2.79. The predicted octanol–water partition coefficient (Wildman–Crippen LogP) is 1.99. The summed E-state index contributed by atoms with van der Waals surface area (Å²) in [6.45, 7) is 5.92. The normalized spacial score (nSPS) is 31.9. The van der Waals surface area contributed by atoms with Gasteiger partial charge in [0.25, 0.3) is 6.43 Å². The molecule has 18 heavy (non-hydrogen) atoms. The minimum atomic E-state index is -2.55. The summed E-state index contributed by atoms with van der Waals surface area (Å²) in [7, 11) is 0. The maximum atomic E-state index is 13.4. The van der Waals surface area contributed by atoms with Gasteiger partial charge in [0.05, 0.1) is 0 Å². The highest BCUT2D eigenvalue weighted by Gasteiger charge is 2.57. The third-order valence-corrected chi connectivity index (χ3v) is 3.56. The Hall–Kier alpha value is -0.910. The molecule has 2 bridgehead atoms. The summed E-state index contributed by atoms with van der Waals surface area (Å²) < 4.78 is 32.0. The van der Waals surface area contributed by atoms with Gasteiger partial charge >= 0.3 is 6.09 Å². The quantitative estimate of drug-likeness (QED) is 0.785. The molecule has 2 fully saturated rings. The van der Waals surface area contributed by atoms with E-state index in [1.807, 2.05) is 0 Å². The Kier molecular flexibility index (Phi) is 3.25. The Labute approximate surface area is 106 Å². The minimum absolute atomic E-state index is 0.139. The van der Waals surface area contributed by atoms with Gasteiger partial charge in [-0.05, 0) is 33.6 Å². The van der Waals surface area contributed by atoms with Crippen molar-refractivity contribution in [2.75, 3.05) is 13.1 Å². The Morgan fingerprint density at radius 3 is 2.72 bits per heavy atom. The lowest BCUT2D eigenvalue weighted by Gasteiger charge is -2.44. The number of nitrogens with one attached hydrogen (secondary N) is 1. The van der Waals surface area contributed by atoms with Crippen LogP contribution in [0, 0.1) is 0 Å². The standard InChI is InChI=1S/C12H20F2N2O2/c1-11(2,3)18-10(17)16-8-4-5-12(16,9(13)14)7-15-6-8/h8-9,15H,4-7H2,1-3H3. The number of hydrogen-bond donors (Lipinski definition) is 1. The number of nitrogens with zero attached hydrogens (tertiary/aromatic N) is 1. The summed E-state index contributed by atoms with van der Waals surface area (Å²) in [5.74, 6) is 0. The molecule has 0 radical (unpaired) electrons. The molecule has 0 aliphatic carbocycles. The first-order chi connectivity index (χ1) is 8.26. The van der Waals surface area contributed by atoms with Crippen molar-refractivity contribution >= 4 is 6.09 Å². The molecule has 2 unspecified atom stereocenters. The Bertz CT molecular complexity index is 339. The first kappa shape index (κ1) is 13.5. The largest absolute Gasteiger partial charge is 0.444 e. The Morgan fingerprint density at radius 1 is 1.50 bits per heavy atom. The van der Waals surface area contributed by atoms with Crippen molar-refractivity contribution in [3.63, 3.8) is 0 Å². The highest BCUT2D eigenvalue weighted by Crippen LogP contribution is 2.41. The third-order valence-electron chi connectivity index (χ3n) is 3.56. The van der Waals surface area contributed by atoms with Crippen molar-refractivity contribution in [2.45, 2.75) is 57.2 Å². The van der Waals surface area contributed by atoms with Crippen LogP contribution in [0.3, 0.4) is 0 Å². The molecule has 1 amide bonds. The van der Waals surface area contributed by atoms with Crippen LogP contribution in [0.15, 0.2) is 0 Å². The molecule has 0 saturated carbocycles. The van der Waals surface area contributed by atoms with Gasteiger partial charge in [0.2, 0.25) is 0 Å². The van der Waals surface area contributed by atoms with Crippen LogP contribution in [-0.2, 0) is 4.74 Å². The van der Waals surface area contributed by atoms with Crippen LogP contribution in [-0.4, -0.2) is 47.7 Å². The van der Waals surface area contributed by atoms with Gasteiger partial charge in [-0.3, -0.25) is 4.90 Å². The van der Waals surface area contributed by atoms with E-state index in [1.165, 1.54) is 4.90 Å². The SMILES string of the molecule is CC(C)(C)OC(=O)N1C2CCC1(C(F)F)CNC2. The molecule has 6 heteroatoms. The van der Waals surface area contributed by atoms with Gasteiger partial charge in [0.1, 0.15) is 11.1 Å². The Balaban J connectivity index is 2.22. The molecule has 2 atom stereocenters. The van der Waals surface area contributed by atoms with Crippen molar-refractivity contribution in [2.24, 2.45) is 0 Å². The molecule has 104 valence electrons. The molecule has 2 aliphatic rings. The van der Waals surface area contributed by atoms with Gasteiger partial charge in [-0.15, -0.1) is 0 Å². The average molecular weight is 262 g/mol. The number of fused-ring (bicyclic) bond motifs is 2. The minimum Gasteiger partial charge on any atom is -0.444 e. The van der Waals surface area contributed by atoms with E-state index in [0.29, 0.717) is 19.4 Å². The van der Waals surface area contributed by atoms with E-state index in [9.17, 15) is 13.6 Å². The third kappa shape index (κ3) is 2.18. The second-order valence-electron chi connectivity index (χ2n) is 6.08. The van der Waals surface area contributed by atoms with E-state index < -0.39 is 23.7 Å².